The molecule has 0 aliphatic carbocycles. The van der Waals surface area contributed by atoms with E-state index in [4.69, 9.17) is 4.74 Å². The van der Waals surface area contributed by atoms with E-state index in [0.29, 0.717) is 31.7 Å². The molecule has 1 aromatic rings. The van der Waals surface area contributed by atoms with Crippen LogP contribution >= 0.6 is 0 Å². The first kappa shape index (κ1) is 19.9. The maximum Gasteiger partial charge on any atom is 0.220 e. The summed E-state index contributed by atoms with van der Waals surface area (Å²) in [5.74, 6) is 0.0599. The molecule has 2 N–H and O–H groups in total. The number of carbonyl (C=O) groups excluding carboxylic acids is 1. The number of aliphatic hydroxyl groups is 1. The molecule has 1 aromatic carbocycles. The van der Waals surface area contributed by atoms with Crippen LogP contribution < -0.4 is 5.32 Å². The smallest absolute Gasteiger partial charge is 0.220 e. The number of hydrogen-bond donors (Lipinski definition) is 2. The zero-order valence-corrected chi connectivity index (χ0v) is 15.5. The molecule has 0 bridgehead atoms. The van der Waals surface area contributed by atoms with Crippen LogP contribution in [0.2, 0.25) is 0 Å². The quantitative estimate of drug-likeness (QED) is 0.793. The molecule has 1 fully saturated rings. The number of hydrogen-bond acceptors (Lipinski definition) is 3. The summed E-state index contributed by atoms with van der Waals surface area (Å²) in [5.41, 5.74) is 1.32. The summed E-state index contributed by atoms with van der Waals surface area (Å²) in [5, 5.41) is 12.7. The van der Waals surface area contributed by atoms with E-state index in [1.54, 1.807) is 13.0 Å². The number of nitrogens with one attached hydrogen (secondary N) is 1. The molecule has 5 heteroatoms. The van der Waals surface area contributed by atoms with Crippen LogP contribution in [0.4, 0.5) is 4.39 Å². The first-order valence-electron chi connectivity index (χ1n) is 9.08. The van der Waals surface area contributed by atoms with Gasteiger partial charge in [-0.25, -0.2) is 4.39 Å². The van der Waals surface area contributed by atoms with E-state index in [1.165, 1.54) is 6.07 Å². The molecule has 0 radical (unpaired) electrons. The van der Waals surface area contributed by atoms with Crippen molar-refractivity contribution in [3.05, 3.63) is 35.1 Å². The standard InChI is InChI=1S/C20H30FNO3/c1-14(2)17(16-4-5-18(21)15(3)10-16)11-19(24)22-12-20(13-23)6-8-25-9-7-20/h4-5,10,14,17,23H,6-9,11-13H2,1-3H3,(H,22,24). The van der Waals surface area contributed by atoms with E-state index >= 15 is 0 Å². The first-order valence-corrected chi connectivity index (χ1v) is 9.08. The summed E-state index contributed by atoms with van der Waals surface area (Å²) in [6.45, 7) is 7.67. The van der Waals surface area contributed by atoms with Gasteiger partial charge in [0.1, 0.15) is 5.82 Å². The van der Waals surface area contributed by atoms with Gasteiger partial charge in [0, 0.05) is 31.6 Å². The van der Waals surface area contributed by atoms with Gasteiger partial charge in [-0.1, -0.05) is 26.0 Å². The average molecular weight is 351 g/mol. The predicted octanol–water partition coefficient (Wildman–Crippen LogP) is 3.17. The Balaban J connectivity index is 1.99. The Morgan fingerprint density at radius 1 is 1.36 bits per heavy atom. The average Bonchev–Trinajstić information content (AvgIpc) is 2.61. The van der Waals surface area contributed by atoms with Gasteiger partial charge in [0.15, 0.2) is 0 Å². The Kier molecular flexibility index (Phi) is 6.96. The van der Waals surface area contributed by atoms with Crippen molar-refractivity contribution in [2.24, 2.45) is 11.3 Å². The fourth-order valence-corrected chi connectivity index (χ4v) is 3.39. The van der Waals surface area contributed by atoms with Crippen molar-refractivity contribution in [2.45, 2.75) is 46.0 Å². The van der Waals surface area contributed by atoms with E-state index in [9.17, 15) is 14.3 Å². The van der Waals surface area contributed by atoms with Crippen molar-refractivity contribution in [1.82, 2.24) is 5.32 Å². The predicted molar refractivity (Wildman–Crippen MR) is 95.9 cm³/mol. The minimum Gasteiger partial charge on any atom is -0.396 e. The maximum atomic E-state index is 13.5. The van der Waals surface area contributed by atoms with E-state index in [1.807, 2.05) is 6.07 Å². The third-order valence-corrected chi connectivity index (χ3v) is 5.37. The topological polar surface area (TPSA) is 58.6 Å². The molecule has 2 rings (SSSR count). The Morgan fingerprint density at radius 3 is 2.60 bits per heavy atom. The van der Waals surface area contributed by atoms with E-state index in [-0.39, 0.29) is 35.6 Å². The highest BCUT2D eigenvalue weighted by Gasteiger charge is 2.32. The molecule has 0 aromatic heterocycles. The molecule has 1 unspecified atom stereocenters. The summed E-state index contributed by atoms with van der Waals surface area (Å²) in [6.07, 6.45) is 1.88. The number of benzene rings is 1. The van der Waals surface area contributed by atoms with Gasteiger partial charge < -0.3 is 15.2 Å². The molecule has 1 aliphatic heterocycles. The summed E-state index contributed by atoms with van der Waals surface area (Å²) in [7, 11) is 0. The Labute approximate surface area is 149 Å². The number of rotatable bonds is 7. The second kappa shape index (κ2) is 8.77. The molecule has 1 amide bonds. The van der Waals surface area contributed by atoms with Gasteiger partial charge >= 0.3 is 0 Å². The number of aliphatic hydroxyl groups excluding tert-OH is 1. The Hall–Kier alpha value is -1.46. The SMILES string of the molecule is Cc1cc(C(CC(=O)NCC2(CO)CCOCC2)C(C)C)ccc1F. The lowest BCUT2D eigenvalue weighted by Gasteiger charge is -2.35. The fourth-order valence-electron chi connectivity index (χ4n) is 3.39. The molecule has 1 aliphatic rings. The number of carbonyl (C=O) groups is 1. The lowest BCUT2D eigenvalue weighted by molar-refractivity contribution is -0.123. The molecule has 1 saturated heterocycles. The molecule has 25 heavy (non-hydrogen) atoms. The number of ether oxygens (including phenoxy) is 1. The Morgan fingerprint density at radius 2 is 2.04 bits per heavy atom. The van der Waals surface area contributed by atoms with Gasteiger partial charge in [-0.05, 0) is 48.8 Å². The van der Waals surface area contributed by atoms with Crippen LogP contribution in [-0.4, -0.2) is 37.4 Å². The second-order valence-electron chi connectivity index (χ2n) is 7.61. The zero-order valence-electron chi connectivity index (χ0n) is 15.5. The van der Waals surface area contributed by atoms with Gasteiger partial charge in [-0.3, -0.25) is 4.79 Å². The summed E-state index contributed by atoms with van der Waals surface area (Å²) in [6, 6.07) is 5.08. The van der Waals surface area contributed by atoms with Gasteiger partial charge in [-0.2, -0.15) is 0 Å². The van der Waals surface area contributed by atoms with E-state index in [2.05, 4.69) is 19.2 Å². The van der Waals surface area contributed by atoms with Crippen LogP contribution in [0.5, 0.6) is 0 Å². The van der Waals surface area contributed by atoms with Crippen LogP contribution in [0.1, 0.15) is 50.2 Å². The van der Waals surface area contributed by atoms with Crippen molar-refractivity contribution in [2.75, 3.05) is 26.4 Å². The zero-order chi connectivity index (χ0) is 18.4. The lowest BCUT2D eigenvalue weighted by atomic mass is 9.80. The minimum atomic E-state index is -0.270. The van der Waals surface area contributed by atoms with Crippen LogP contribution in [0.3, 0.4) is 0 Å². The van der Waals surface area contributed by atoms with Crippen LogP contribution in [0.15, 0.2) is 18.2 Å². The normalized spacial score (nSPS) is 18.2. The van der Waals surface area contributed by atoms with Crippen molar-refractivity contribution >= 4 is 5.91 Å². The largest absolute Gasteiger partial charge is 0.396 e. The van der Waals surface area contributed by atoms with Crippen LogP contribution in [-0.2, 0) is 9.53 Å². The first-order chi connectivity index (χ1) is 11.9. The van der Waals surface area contributed by atoms with E-state index < -0.39 is 0 Å². The van der Waals surface area contributed by atoms with Gasteiger partial charge in [0.2, 0.25) is 5.91 Å². The van der Waals surface area contributed by atoms with Crippen molar-refractivity contribution in [3.63, 3.8) is 0 Å². The summed E-state index contributed by atoms with van der Waals surface area (Å²) >= 11 is 0. The molecule has 140 valence electrons. The summed E-state index contributed by atoms with van der Waals surface area (Å²) < 4.78 is 18.9. The fraction of sp³-hybridized carbons (Fsp3) is 0.650. The van der Waals surface area contributed by atoms with E-state index in [0.717, 1.165) is 18.4 Å². The minimum absolute atomic E-state index is 0.0278. The third-order valence-electron chi connectivity index (χ3n) is 5.37. The summed E-state index contributed by atoms with van der Waals surface area (Å²) in [4.78, 5) is 12.5. The van der Waals surface area contributed by atoms with Crippen LogP contribution in [0.25, 0.3) is 0 Å². The molecule has 1 atom stereocenters. The highest BCUT2D eigenvalue weighted by atomic mass is 19.1. The third kappa shape index (κ3) is 5.25. The second-order valence-corrected chi connectivity index (χ2v) is 7.61. The molecule has 1 heterocycles. The van der Waals surface area contributed by atoms with Gasteiger partial charge in [0.25, 0.3) is 0 Å². The molecule has 0 spiro atoms. The molecular formula is C20H30FNO3. The molecule has 0 saturated carbocycles. The Bertz CT molecular complexity index is 582. The number of aryl methyl sites for hydroxylation is 1. The molecule has 4 nitrogen and oxygen atoms in total. The van der Waals surface area contributed by atoms with Crippen LogP contribution in [0, 0.1) is 24.1 Å². The number of halogens is 1. The van der Waals surface area contributed by atoms with Crippen molar-refractivity contribution < 1.29 is 19.0 Å². The van der Waals surface area contributed by atoms with Gasteiger partial charge in [0.05, 0.1) is 6.61 Å². The highest BCUT2D eigenvalue weighted by Crippen LogP contribution is 2.31. The number of amides is 1. The maximum absolute atomic E-state index is 13.5. The monoisotopic (exact) mass is 351 g/mol. The van der Waals surface area contributed by atoms with Gasteiger partial charge in [-0.15, -0.1) is 0 Å². The highest BCUT2D eigenvalue weighted by molar-refractivity contribution is 5.77. The van der Waals surface area contributed by atoms with Crippen molar-refractivity contribution in [3.8, 4) is 0 Å². The lowest BCUT2D eigenvalue weighted by Crippen LogP contribution is -2.44. The molecular weight excluding hydrogens is 321 g/mol. The van der Waals surface area contributed by atoms with Crippen molar-refractivity contribution in [1.29, 1.82) is 0 Å².